The monoisotopic (exact) mass is 282 g/mol. The molecule has 108 valence electrons. The maximum absolute atomic E-state index is 4.60. The van der Waals surface area contributed by atoms with Crippen molar-refractivity contribution in [1.82, 2.24) is 20.5 Å². The Morgan fingerprint density at radius 2 is 2.19 bits per heavy atom. The molecule has 6 heteroatoms. The van der Waals surface area contributed by atoms with Gasteiger partial charge in [0.05, 0.1) is 29.0 Å². The van der Waals surface area contributed by atoms with Crippen LogP contribution < -0.4 is 10.7 Å². The Kier molecular flexibility index (Phi) is 2.54. The highest BCUT2D eigenvalue weighted by atomic mass is 15.3. The smallest absolute Gasteiger partial charge is 0.108 e. The van der Waals surface area contributed by atoms with Gasteiger partial charge in [-0.3, -0.25) is 15.1 Å². The van der Waals surface area contributed by atoms with E-state index in [9.17, 15) is 0 Å². The Bertz CT molecular complexity index is 744. The van der Waals surface area contributed by atoms with E-state index < -0.39 is 0 Å². The van der Waals surface area contributed by atoms with Crippen molar-refractivity contribution in [2.45, 2.75) is 33.2 Å². The maximum atomic E-state index is 4.60. The van der Waals surface area contributed by atoms with E-state index in [1.54, 1.807) is 0 Å². The fourth-order valence-corrected chi connectivity index (χ4v) is 3.04. The standard InChI is InChI=1S/C15H18N6/c1-8(2)21-15(9(3)6-18-21)14-11-4-10-5-12(20-19-10)13(11)16-7-17-14/h4,6,8,17,19H,5,7H2,1-3H3. The molecule has 2 bridgehead atoms. The third kappa shape index (κ3) is 1.75. The number of hydrazone groups is 1. The average Bonchev–Trinajstić information content (AvgIpc) is 3.03. The Balaban J connectivity index is 1.95. The Morgan fingerprint density at radius 3 is 3.00 bits per heavy atom. The molecule has 0 saturated heterocycles. The van der Waals surface area contributed by atoms with E-state index >= 15 is 0 Å². The second-order valence-corrected chi connectivity index (χ2v) is 5.86. The number of hydrogen-bond donors (Lipinski definition) is 2. The molecular formula is C15H18N6. The lowest BCUT2D eigenvalue weighted by Gasteiger charge is -2.24. The Labute approximate surface area is 123 Å². The van der Waals surface area contributed by atoms with Gasteiger partial charge in [0.15, 0.2) is 0 Å². The average molecular weight is 282 g/mol. The van der Waals surface area contributed by atoms with Crippen LogP contribution in [0.15, 0.2) is 33.6 Å². The number of allylic oxidation sites excluding steroid dienone is 3. The van der Waals surface area contributed by atoms with E-state index in [4.69, 9.17) is 0 Å². The minimum Gasteiger partial charge on any atom is -0.364 e. The van der Waals surface area contributed by atoms with Crippen LogP contribution in [0.1, 0.15) is 37.6 Å². The normalized spacial score (nSPS) is 19.7. The van der Waals surface area contributed by atoms with E-state index in [2.05, 4.69) is 57.5 Å². The summed E-state index contributed by atoms with van der Waals surface area (Å²) < 4.78 is 2.07. The van der Waals surface area contributed by atoms with Crippen molar-refractivity contribution in [3.05, 3.63) is 34.8 Å². The summed E-state index contributed by atoms with van der Waals surface area (Å²) in [5.41, 5.74) is 10.8. The van der Waals surface area contributed by atoms with Crippen molar-refractivity contribution < 1.29 is 0 Å². The molecule has 0 saturated carbocycles. The minimum atomic E-state index is 0.314. The van der Waals surface area contributed by atoms with Crippen LogP contribution in [0, 0.1) is 6.92 Å². The van der Waals surface area contributed by atoms with Gasteiger partial charge in [0.1, 0.15) is 6.67 Å². The maximum Gasteiger partial charge on any atom is 0.108 e. The molecule has 0 spiro atoms. The molecule has 0 amide bonds. The molecule has 2 N–H and O–H groups in total. The number of aliphatic imine (C=N–C) groups is 1. The second kappa shape index (κ2) is 4.31. The fraction of sp³-hybridized carbons (Fsp3) is 0.400. The molecule has 3 heterocycles. The van der Waals surface area contributed by atoms with Crippen molar-refractivity contribution in [3.63, 3.8) is 0 Å². The van der Waals surface area contributed by atoms with E-state index in [0.717, 1.165) is 40.5 Å². The molecule has 1 aromatic heterocycles. The topological polar surface area (TPSA) is 66.6 Å². The van der Waals surface area contributed by atoms with Crippen LogP contribution in [-0.2, 0) is 0 Å². The lowest BCUT2D eigenvalue weighted by molar-refractivity contribution is 0.524. The van der Waals surface area contributed by atoms with Gasteiger partial charge in [-0.15, -0.1) is 0 Å². The molecule has 0 unspecified atom stereocenters. The molecule has 4 rings (SSSR count). The summed E-state index contributed by atoms with van der Waals surface area (Å²) in [4.78, 5) is 4.60. The van der Waals surface area contributed by atoms with Crippen molar-refractivity contribution >= 4 is 17.1 Å². The van der Waals surface area contributed by atoms with Gasteiger partial charge >= 0.3 is 0 Å². The summed E-state index contributed by atoms with van der Waals surface area (Å²) in [5.74, 6) is 0. The molecule has 0 radical (unpaired) electrons. The van der Waals surface area contributed by atoms with Gasteiger partial charge in [-0.2, -0.15) is 10.2 Å². The summed E-state index contributed by atoms with van der Waals surface area (Å²) in [6.45, 7) is 6.97. The van der Waals surface area contributed by atoms with Gasteiger partial charge in [-0.05, 0) is 32.4 Å². The second-order valence-electron chi connectivity index (χ2n) is 5.86. The molecule has 2 aliphatic heterocycles. The third-order valence-corrected chi connectivity index (χ3v) is 4.01. The molecule has 1 aliphatic carbocycles. The number of nitrogens with one attached hydrogen (secondary N) is 2. The molecule has 6 nitrogen and oxygen atoms in total. The first kappa shape index (κ1) is 12.4. The summed E-state index contributed by atoms with van der Waals surface area (Å²) in [6, 6.07) is 0.314. The zero-order chi connectivity index (χ0) is 14.6. The lowest BCUT2D eigenvalue weighted by atomic mass is 9.92. The van der Waals surface area contributed by atoms with Crippen LogP contribution in [-0.4, -0.2) is 27.9 Å². The predicted octanol–water partition coefficient (Wildman–Crippen LogP) is 1.73. The molecule has 0 atom stereocenters. The summed E-state index contributed by atoms with van der Waals surface area (Å²) in [6.07, 6.45) is 4.94. The molecular weight excluding hydrogens is 264 g/mol. The quantitative estimate of drug-likeness (QED) is 0.868. The van der Waals surface area contributed by atoms with E-state index in [-0.39, 0.29) is 0 Å². The van der Waals surface area contributed by atoms with Crippen molar-refractivity contribution in [3.8, 4) is 0 Å². The van der Waals surface area contributed by atoms with E-state index in [1.807, 2.05) is 6.20 Å². The minimum absolute atomic E-state index is 0.314. The van der Waals surface area contributed by atoms with Gasteiger partial charge in [0, 0.05) is 23.7 Å². The van der Waals surface area contributed by atoms with Crippen LogP contribution in [0.5, 0.6) is 0 Å². The molecule has 3 aliphatic rings. The highest BCUT2D eigenvalue weighted by Gasteiger charge is 2.31. The third-order valence-electron chi connectivity index (χ3n) is 4.01. The number of nitrogens with zero attached hydrogens (tertiary/aromatic N) is 4. The molecule has 21 heavy (non-hydrogen) atoms. The van der Waals surface area contributed by atoms with Gasteiger partial charge in [-0.1, -0.05) is 0 Å². The van der Waals surface area contributed by atoms with Crippen LogP contribution in [0.4, 0.5) is 0 Å². The van der Waals surface area contributed by atoms with Crippen molar-refractivity contribution in [1.29, 1.82) is 0 Å². The number of fused-ring (bicyclic) bond motifs is 4. The zero-order valence-electron chi connectivity index (χ0n) is 12.4. The number of aromatic nitrogens is 2. The zero-order valence-corrected chi connectivity index (χ0v) is 12.4. The van der Waals surface area contributed by atoms with E-state index in [0.29, 0.717) is 12.7 Å². The summed E-state index contributed by atoms with van der Waals surface area (Å²) in [7, 11) is 0. The van der Waals surface area contributed by atoms with Crippen molar-refractivity contribution in [2.24, 2.45) is 10.1 Å². The number of rotatable bonds is 2. The Morgan fingerprint density at radius 1 is 1.33 bits per heavy atom. The van der Waals surface area contributed by atoms with Crippen LogP contribution in [0.25, 0.3) is 5.70 Å². The van der Waals surface area contributed by atoms with Gasteiger partial charge < -0.3 is 5.32 Å². The lowest BCUT2D eigenvalue weighted by Crippen LogP contribution is -2.30. The van der Waals surface area contributed by atoms with Crippen molar-refractivity contribution in [2.75, 3.05) is 6.67 Å². The first-order chi connectivity index (χ1) is 10.1. The van der Waals surface area contributed by atoms with Crippen LogP contribution >= 0.6 is 0 Å². The fourth-order valence-electron chi connectivity index (χ4n) is 3.04. The predicted molar refractivity (Wildman–Crippen MR) is 83.0 cm³/mol. The van der Waals surface area contributed by atoms with Gasteiger partial charge in [-0.25, -0.2) is 0 Å². The first-order valence-corrected chi connectivity index (χ1v) is 7.26. The highest BCUT2D eigenvalue weighted by molar-refractivity contribution is 6.52. The summed E-state index contributed by atoms with van der Waals surface area (Å²) in [5, 5.41) is 12.3. The number of hydrogen-bond acceptors (Lipinski definition) is 5. The number of aryl methyl sites for hydroxylation is 1. The van der Waals surface area contributed by atoms with Crippen LogP contribution in [0.2, 0.25) is 0 Å². The molecule has 0 aromatic carbocycles. The van der Waals surface area contributed by atoms with Gasteiger partial charge in [0.25, 0.3) is 0 Å². The van der Waals surface area contributed by atoms with E-state index in [1.165, 1.54) is 5.56 Å². The largest absolute Gasteiger partial charge is 0.364 e. The molecule has 0 fully saturated rings. The highest BCUT2D eigenvalue weighted by Crippen LogP contribution is 2.31. The summed E-state index contributed by atoms with van der Waals surface area (Å²) >= 11 is 0. The SMILES string of the molecule is Cc1cnn(C(C)C)c1C1=C2C=C3CC(=NN3)C2=NCN1. The van der Waals surface area contributed by atoms with Crippen LogP contribution in [0.3, 0.4) is 0 Å². The molecule has 1 aromatic rings. The first-order valence-electron chi connectivity index (χ1n) is 7.26. The Hall–Kier alpha value is -2.37. The van der Waals surface area contributed by atoms with Gasteiger partial charge in [0.2, 0.25) is 0 Å².